The smallest absolute Gasteiger partial charge is 0.243 e. The van der Waals surface area contributed by atoms with E-state index in [-0.39, 0.29) is 0 Å². The minimum atomic E-state index is -1.93. The van der Waals surface area contributed by atoms with Crippen LogP contribution in [0, 0.1) is 6.92 Å². The summed E-state index contributed by atoms with van der Waals surface area (Å²) >= 11 is 0. The van der Waals surface area contributed by atoms with Crippen LogP contribution in [0.2, 0.25) is 0 Å². The molecular formula is C6H12NO2. The third-order valence-corrected chi connectivity index (χ3v) is 0.847. The highest BCUT2D eigenvalue weighted by molar-refractivity contribution is 4.82. The number of hydrogen-bond donors (Lipinski definition) is 3. The fourth-order valence-corrected chi connectivity index (χ4v) is 0.345. The van der Waals surface area contributed by atoms with Crippen LogP contribution in [-0.4, -0.2) is 22.7 Å². The van der Waals surface area contributed by atoms with E-state index in [9.17, 15) is 0 Å². The van der Waals surface area contributed by atoms with Gasteiger partial charge in [0, 0.05) is 6.54 Å². The molecule has 0 rings (SSSR count). The van der Waals surface area contributed by atoms with E-state index in [1.54, 1.807) is 0 Å². The van der Waals surface area contributed by atoms with Crippen molar-refractivity contribution >= 4 is 0 Å². The number of nitrogens with one attached hydrogen (secondary N) is 1. The zero-order valence-electron chi connectivity index (χ0n) is 5.30. The molecule has 0 fully saturated rings. The molecule has 0 bridgehead atoms. The quantitative estimate of drug-likeness (QED) is 0.359. The molecule has 3 heteroatoms. The molecule has 3 nitrogen and oxygen atoms in total. The lowest BCUT2D eigenvalue weighted by Gasteiger charge is -2.17. The van der Waals surface area contributed by atoms with Crippen molar-refractivity contribution < 1.29 is 10.2 Å². The number of aliphatic hydroxyl groups is 2. The van der Waals surface area contributed by atoms with Gasteiger partial charge in [0.15, 0.2) is 0 Å². The maximum Gasteiger partial charge on any atom is 0.243 e. The Hall–Kier alpha value is -0.380. The maximum atomic E-state index is 8.75. The Morgan fingerprint density at radius 1 is 1.56 bits per heavy atom. The molecule has 0 atom stereocenters. The first-order valence-electron chi connectivity index (χ1n) is 2.75. The van der Waals surface area contributed by atoms with Crippen molar-refractivity contribution in [1.82, 2.24) is 5.32 Å². The van der Waals surface area contributed by atoms with Crippen LogP contribution >= 0.6 is 0 Å². The molecule has 0 aromatic rings. The zero-order chi connectivity index (χ0) is 7.33. The van der Waals surface area contributed by atoms with Gasteiger partial charge in [-0.25, -0.2) is 0 Å². The summed E-state index contributed by atoms with van der Waals surface area (Å²) in [7, 11) is 0. The van der Waals surface area contributed by atoms with E-state index >= 15 is 0 Å². The molecule has 0 unspecified atom stereocenters. The topological polar surface area (TPSA) is 52.5 Å². The van der Waals surface area contributed by atoms with E-state index in [0.29, 0.717) is 13.0 Å². The van der Waals surface area contributed by atoms with Crippen molar-refractivity contribution in [2.24, 2.45) is 0 Å². The minimum Gasteiger partial charge on any atom is -0.350 e. The van der Waals surface area contributed by atoms with Gasteiger partial charge >= 0.3 is 0 Å². The number of rotatable bonds is 4. The first-order valence-corrected chi connectivity index (χ1v) is 2.75. The lowest BCUT2D eigenvalue weighted by molar-refractivity contribution is -0.142. The van der Waals surface area contributed by atoms with Gasteiger partial charge in [0.2, 0.25) is 5.91 Å². The largest absolute Gasteiger partial charge is 0.350 e. The highest BCUT2D eigenvalue weighted by Gasteiger charge is 2.14. The Morgan fingerprint density at radius 2 is 2.11 bits per heavy atom. The molecule has 0 amide bonds. The molecule has 3 N–H and O–H groups in total. The van der Waals surface area contributed by atoms with Crippen LogP contribution in [-0.2, 0) is 0 Å². The van der Waals surface area contributed by atoms with Gasteiger partial charge in [-0.05, 0) is 12.5 Å². The molecule has 0 saturated carbocycles. The van der Waals surface area contributed by atoms with Crippen molar-refractivity contribution in [3.05, 3.63) is 19.6 Å². The van der Waals surface area contributed by atoms with Gasteiger partial charge in [-0.2, -0.15) is 0 Å². The molecule has 0 aromatic heterocycles. The van der Waals surface area contributed by atoms with Gasteiger partial charge in [-0.1, -0.05) is 13.5 Å². The fourth-order valence-electron chi connectivity index (χ4n) is 0.345. The fraction of sp³-hybridized carbons (Fsp3) is 0.500. The Labute approximate surface area is 55.0 Å². The normalized spacial score (nSPS) is 11.4. The van der Waals surface area contributed by atoms with Crippen molar-refractivity contribution in [2.45, 2.75) is 12.3 Å². The van der Waals surface area contributed by atoms with Gasteiger partial charge in [-0.15, -0.1) is 0 Å². The van der Waals surface area contributed by atoms with Crippen molar-refractivity contribution in [1.29, 1.82) is 0 Å². The molecule has 0 aromatic carbocycles. The molecule has 0 aliphatic carbocycles. The summed E-state index contributed by atoms with van der Waals surface area (Å²) in [6.07, 6.45) is 1.62. The van der Waals surface area contributed by atoms with Gasteiger partial charge in [0.1, 0.15) is 0 Å². The summed E-state index contributed by atoms with van der Waals surface area (Å²) in [5, 5.41) is 19.9. The first-order chi connectivity index (χ1) is 4.12. The summed E-state index contributed by atoms with van der Waals surface area (Å²) in [6.45, 7) is 7.16. The standard InChI is InChI=1S/C6H12NO2/c1-3-5-7-6(8,9)4-2/h4,7-9H,1-3,5H2. The summed E-state index contributed by atoms with van der Waals surface area (Å²) in [5.74, 6) is -1.93. The van der Waals surface area contributed by atoms with Gasteiger partial charge < -0.3 is 10.2 Å². The van der Waals surface area contributed by atoms with E-state index in [1.165, 1.54) is 0 Å². The third kappa shape index (κ3) is 4.14. The molecule has 9 heavy (non-hydrogen) atoms. The average molecular weight is 130 g/mol. The first kappa shape index (κ1) is 8.62. The van der Waals surface area contributed by atoms with Crippen LogP contribution in [0.15, 0.2) is 12.7 Å². The maximum absolute atomic E-state index is 8.75. The SMILES string of the molecule is [CH2]CCNC(O)(O)C=C. The van der Waals surface area contributed by atoms with E-state index in [0.717, 1.165) is 6.08 Å². The van der Waals surface area contributed by atoms with Crippen LogP contribution in [0.3, 0.4) is 0 Å². The van der Waals surface area contributed by atoms with E-state index in [4.69, 9.17) is 10.2 Å². The summed E-state index contributed by atoms with van der Waals surface area (Å²) in [6, 6.07) is 0. The molecular weight excluding hydrogens is 118 g/mol. The Bertz CT molecular complexity index is 91.1. The summed E-state index contributed by atoms with van der Waals surface area (Å²) in [4.78, 5) is 0. The second kappa shape index (κ2) is 3.61. The van der Waals surface area contributed by atoms with E-state index < -0.39 is 5.91 Å². The highest BCUT2D eigenvalue weighted by Crippen LogP contribution is 1.92. The lowest BCUT2D eigenvalue weighted by atomic mass is 10.4. The molecule has 0 saturated heterocycles. The third-order valence-electron chi connectivity index (χ3n) is 0.847. The molecule has 53 valence electrons. The lowest BCUT2D eigenvalue weighted by Crippen LogP contribution is -2.43. The van der Waals surface area contributed by atoms with Gasteiger partial charge in [-0.3, -0.25) is 5.32 Å². The Morgan fingerprint density at radius 3 is 2.44 bits per heavy atom. The zero-order valence-corrected chi connectivity index (χ0v) is 5.30. The van der Waals surface area contributed by atoms with Gasteiger partial charge in [0.25, 0.3) is 0 Å². The van der Waals surface area contributed by atoms with Crippen molar-refractivity contribution in [2.75, 3.05) is 6.54 Å². The second-order valence-electron chi connectivity index (χ2n) is 1.71. The van der Waals surface area contributed by atoms with Crippen LogP contribution in [0.25, 0.3) is 0 Å². The molecule has 0 aliphatic heterocycles. The van der Waals surface area contributed by atoms with E-state index in [2.05, 4.69) is 18.8 Å². The van der Waals surface area contributed by atoms with Gasteiger partial charge in [0.05, 0.1) is 0 Å². The minimum absolute atomic E-state index is 0.457. The second-order valence-corrected chi connectivity index (χ2v) is 1.71. The van der Waals surface area contributed by atoms with Crippen LogP contribution in [0.4, 0.5) is 0 Å². The van der Waals surface area contributed by atoms with Crippen LogP contribution in [0.5, 0.6) is 0 Å². The number of hydrogen-bond acceptors (Lipinski definition) is 3. The van der Waals surface area contributed by atoms with Crippen LogP contribution < -0.4 is 5.32 Å². The summed E-state index contributed by atoms with van der Waals surface area (Å²) in [5.41, 5.74) is 0. The van der Waals surface area contributed by atoms with Crippen LogP contribution in [0.1, 0.15) is 6.42 Å². The molecule has 0 aliphatic rings. The average Bonchev–Trinajstić information content (AvgIpc) is 1.84. The Balaban J connectivity index is 3.45. The monoisotopic (exact) mass is 130 g/mol. The highest BCUT2D eigenvalue weighted by atomic mass is 16.5. The molecule has 0 heterocycles. The van der Waals surface area contributed by atoms with E-state index in [1.807, 2.05) is 0 Å². The molecule has 1 radical (unpaired) electrons. The predicted octanol–water partition coefficient (Wildman–Crippen LogP) is -0.375. The summed E-state index contributed by atoms with van der Waals surface area (Å²) < 4.78 is 0. The Kier molecular flexibility index (Phi) is 3.46. The molecule has 0 spiro atoms. The van der Waals surface area contributed by atoms with Crippen molar-refractivity contribution in [3.63, 3.8) is 0 Å². The van der Waals surface area contributed by atoms with Crippen molar-refractivity contribution in [3.8, 4) is 0 Å². The predicted molar refractivity (Wildman–Crippen MR) is 35.3 cm³/mol.